The van der Waals surface area contributed by atoms with Gasteiger partial charge in [0.05, 0.1) is 14.2 Å². The molecule has 0 bridgehead atoms. The van der Waals surface area contributed by atoms with E-state index in [0.29, 0.717) is 22.8 Å². The Kier molecular flexibility index (Phi) is 3.94. The van der Waals surface area contributed by atoms with Crippen molar-refractivity contribution in [3.05, 3.63) is 30.4 Å². The first-order valence-corrected chi connectivity index (χ1v) is 4.68. The highest BCUT2D eigenvalue weighted by atomic mass is 16.6. The number of rotatable bonds is 4. The molecule has 0 fully saturated rings. The number of para-hydroxylation sites is 1. The predicted octanol–water partition coefficient (Wildman–Crippen LogP) is 2.19. The Hall–Kier alpha value is -1.97. The predicted molar refractivity (Wildman–Crippen MR) is 60.0 cm³/mol. The molecule has 0 aliphatic heterocycles. The summed E-state index contributed by atoms with van der Waals surface area (Å²) in [6.07, 6.45) is 0. The standard InChI is InChI=1S/C12H14O4/c1-8(2)12(13)16-10-7-5-6-9(14-3)11(10)15-4/h5-7H,1H2,2-4H3. The molecular weight excluding hydrogens is 208 g/mol. The van der Waals surface area contributed by atoms with Gasteiger partial charge < -0.3 is 14.2 Å². The Morgan fingerprint density at radius 1 is 1.19 bits per heavy atom. The van der Waals surface area contributed by atoms with E-state index in [-0.39, 0.29) is 0 Å². The number of hydrogen-bond acceptors (Lipinski definition) is 4. The molecule has 0 radical (unpaired) electrons. The Balaban J connectivity index is 3.04. The van der Waals surface area contributed by atoms with Crippen molar-refractivity contribution in [2.45, 2.75) is 6.92 Å². The van der Waals surface area contributed by atoms with Crippen LogP contribution in [-0.4, -0.2) is 20.2 Å². The Labute approximate surface area is 94.4 Å². The van der Waals surface area contributed by atoms with Gasteiger partial charge in [-0.15, -0.1) is 0 Å². The molecule has 0 aliphatic carbocycles. The molecule has 0 saturated carbocycles. The second-order valence-corrected chi connectivity index (χ2v) is 3.16. The van der Waals surface area contributed by atoms with E-state index in [1.807, 2.05) is 0 Å². The van der Waals surface area contributed by atoms with Crippen molar-refractivity contribution in [1.82, 2.24) is 0 Å². The van der Waals surface area contributed by atoms with Crippen LogP contribution < -0.4 is 14.2 Å². The molecule has 0 unspecified atom stereocenters. The minimum atomic E-state index is -0.494. The van der Waals surface area contributed by atoms with Crippen molar-refractivity contribution in [1.29, 1.82) is 0 Å². The first-order valence-electron chi connectivity index (χ1n) is 4.68. The van der Waals surface area contributed by atoms with Gasteiger partial charge in [0, 0.05) is 5.57 Å². The highest BCUT2D eigenvalue weighted by Gasteiger charge is 2.14. The van der Waals surface area contributed by atoms with E-state index in [0.717, 1.165) is 0 Å². The van der Waals surface area contributed by atoms with E-state index >= 15 is 0 Å². The minimum absolute atomic E-state index is 0.315. The van der Waals surface area contributed by atoms with Gasteiger partial charge in [0.25, 0.3) is 0 Å². The zero-order valence-electron chi connectivity index (χ0n) is 9.57. The molecule has 0 aromatic heterocycles. The first kappa shape index (κ1) is 12.1. The molecular formula is C12H14O4. The number of ether oxygens (including phenoxy) is 3. The van der Waals surface area contributed by atoms with Gasteiger partial charge in [-0.2, -0.15) is 0 Å². The highest BCUT2D eigenvalue weighted by Crippen LogP contribution is 2.36. The molecule has 86 valence electrons. The summed E-state index contributed by atoms with van der Waals surface area (Å²) in [5, 5.41) is 0. The number of hydrogen-bond donors (Lipinski definition) is 0. The van der Waals surface area contributed by atoms with Crippen LogP contribution in [0.2, 0.25) is 0 Å². The number of carbonyl (C=O) groups is 1. The van der Waals surface area contributed by atoms with E-state index in [9.17, 15) is 4.79 Å². The molecule has 0 atom stereocenters. The average Bonchev–Trinajstić information content (AvgIpc) is 2.28. The Morgan fingerprint density at radius 3 is 2.31 bits per heavy atom. The average molecular weight is 222 g/mol. The second-order valence-electron chi connectivity index (χ2n) is 3.16. The molecule has 0 aliphatic rings. The van der Waals surface area contributed by atoms with Crippen LogP contribution in [-0.2, 0) is 4.79 Å². The lowest BCUT2D eigenvalue weighted by Crippen LogP contribution is -2.09. The maximum Gasteiger partial charge on any atom is 0.338 e. The van der Waals surface area contributed by atoms with E-state index in [2.05, 4.69) is 6.58 Å². The zero-order valence-corrected chi connectivity index (χ0v) is 9.57. The van der Waals surface area contributed by atoms with Gasteiger partial charge in [0.2, 0.25) is 5.75 Å². The largest absolute Gasteiger partial charge is 0.493 e. The maximum atomic E-state index is 11.4. The molecule has 0 saturated heterocycles. The number of carbonyl (C=O) groups excluding carboxylic acids is 1. The minimum Gasteiger partial charge on any atom is -0.493 e. The van der Waals surface area contributed by atoms with Crippen molar-refractivity contribution in [2.75, 3.05) is 14.2 Å². The zero-order chi connectivity index (χ0) is 12.1. The molecule has 0 N–H and O–H groups in total. The van der Waals surface area contributed by atoms with E-state index in [1.165, 1.54) is 14.2 Å². The number of methoxy groups -OCH3 is 2. The quantitative estimate of drug-likeness (QED) is 0.445. The maximum absolute atomic E-state index is 11.4. The lowest BCUT2D eigenvalue weighted by Gasteiger charge is -2.12. The van der Waals surface area contributed by atoms with Gasteiger partial charge >= 0.3 is 5.97 Å². The summed E-state index contributed by atoms with van der Waals surface area (Å²) in [6, 6.07) is 5.06. The third-order valence-corrected chi connectivity index (χ3v) is 1.92. The van der Waals surface area contributed by atoms with Gasteiger partial charge in [0.1, 0.15) is 0 Å². The van der Waals surface area contributed by atoms with Crippen molar-refractivity contribution in [2.24, 2.45) is 0 Å². The molecule has 4 nitrogen and oxygen atoms in total. The van der Waals surface area contributed by atoms with Crippen LogP contribution in [0.4, 0.5) is 0 Å². The number of benzene rings is 1. The van der Waals surface area contributed by atoms with E-state index in [1.54, 1.807) is 25.1 Å². The first-order chi connectivity index (χ1) is 7.60. The van der Waals surface area contributed by atoms with Gasteiger partial charge in [-0.05, 0) is 19.1 Å². The molecule has 16 heavy (non-hydrogen) atoms. The third kappa shape index (κ3) is 2.53. The molecule has 0 heterocycles. The fourth-order valence-corrected chi connectivity index (χ4v) is 1.12. The summed E-state index contributed by atoms with van der Waals surface area (Å²) >= 11 is 0. The van der Waals surface area contributed by atoms with Crippen LogP contribution >= 0.6 is 0 Å². The lowest BCUT2D eigenvalue weighted by molar-refractivity contribution is -0.130. The SMILES string of the molecule is C=C(C)C(=O)Oc1cccc(OC)c1OC. The van der Waals surface area contributed by atoms with E-state index in [4.69, 9.17) is 14.2 Å². The normalized spacial score (nSPS) is 9.44. The van der Waals surface area contributed by atoms with Gasteiger partial charge in [0.15, 0.2) is 11.5 Å². The summed E-state index contributed by atoms with van der Waals surface area (Å²) in [5.74, 6) is 0.718. The van der Waals surface area contributed by atoms with Crippen LogP contribution in [0.3, 0.4) is 0 Å². The number of esters is 1. The molecule has 1 rings (SSSR count). The Morgan fingerprint density at radius 2 is 1.81 bits per heavy atom. The van der Waals surface area contributed by atoms with Gasteiger partial charge in [-0.25, -0.2) is 4.79 Å². The summed E-state index contributed by atoms with van der Waals surface area (Å²) < 4.78 is 15.3. The third-order valence-electron chi connectivity index (χ3n) is 1.92. The van der Waals surface area contributed by atoms with Crippen LogP contribution in [0.25, 0.3) is 0 Å². The smallest absolute Gasteiger partial charge is 0.338 e. The topological polar surface area (TPSA) is 44.8 Å². The Bertz CT molecular complexity index is 409. The lowest BCUT2D eigenvalue weighted by atomic mass is 10.3. The van der Waals surface area contributed by atoms with Gasteiger partial charge in [-0.3, -0.25) is 0 Å². The summed E-state index contributed by atoms with van der Waals surface area (Å²) in [6.45, 7) is 5.08. The van der Waals surface area contributed by atoms with Crippen molar-refractivity contribution >= 4 is 5.97 Å². The van der Waals surface area contributed by atoms with Crippen LogP contribution in [0.5, 0.6) is 17.2 Å². The summed E-state index contributed by atoms with van der Waals surface area (Å²) in [7, 11) is 3.00. The fourth-order valence-electron chi connectivity index (χ4n) is 1.12. The molecule has 0 spiro atoms. The summed E-state index contributed by atoms with van der Waals surface area (Å²) in [5.41, 5.74) is 0.324. The van der Waals surface area contributed by atoms with Crippen molar-refractivity contribution in [3.63, 3.8) is 0 Å². The van der Waals surface area contributed by atoms with Crippen molar-refractivity contribution in [3.8, 4) is 17.2 Å². The van der Waals surface area contributed by atoms with Crippen LogP contribution in [0, 0.1) is 0 Å². The van der Waals surface area contributed by atoms with E-state index < -0.39 is 5.97 Å². The monoisotopic (exact) mass is 222 g/mol. The molecule has 0 amide bonds. The summed E-state index contributed by atoms with van der Waals surface area (Å²) in [4.78, 5) is 11.4. The molecule has 1 aromatic carbocycles. The fraction of sp³-hybridized carbons (Fsp3) is 0.250. The van der Waals surface area contributed by atoms with Gasteiger partial charge in [-0.1, -0.05) is 12.6 Å². The highest BCUT2D eigenvalue weighted by molar-refractivity contribution is 5.89. The van der Waals surface area contributed by atoms with Crippen LogP contribution in [0.15, 0.2) is 30.4 Å². The van der Waals surface area contributed by atoms with Crippen molar-refractivity contribution < 1.29 is 19.0 Å². The van der Waals surface area contributed by atoms with Crippen LogP contribution in [0.1, 0.15) is 6.92 Å². The molecule has 1 aromatic rings. The second kappa shape index (κ2) is 5.21. The molecule has 4 heteroatoms.